The summed E-state index contributed by atoms with van der Waals surface area (Å²) in [5, 5.41) is 0. The quantitative estimate of drug-likeness (QED) is 0.436. The van der Waals surface area contributed by atoms with Crippen LogP contribution in [0.3, 0.4) is 0 Å². The fourth-order valence-electron chi connectivity index (χ4n) is 1.72. The van der Waals surface area contributed by atoms with Gasteiger partial charge in [0.25, 0.3) is 0 Å². The Morgan fingerprint density at radius 3 is 2.36 bits per heavy atom. The van der Waals surface area contributed by atoms with E-state index in [1.807, 2.05) is 12.2 Å². The molecular weight excluding hydrogens is 174 g/mol. The number of hydrogen-bond acceptors (Lipinski definition) is 2. The standard InChI is InChI=1S/C12H21NO/c1-4-7-11-12(14-11)10-13(8-5-2)9-6-3/h5-6,11-12H,2-4,7-10H2,1H3/t11-,12-/m1/s1. The van der Waals surface area contributed by atoms with Crippen LogP contribution in [0.5, 0.6) is 0 Å². The maximum atomic E-state index is 5.57. The predicted octanol–water partition coefficient (Wildman–Crippen LogP) is 2.23. The first-order valence-electron chi connectivity index (χ1n) is 5.41. The molecule has 1 aliphatic rings. The SMILES string of the molecule is C=CCN(CC=C)C[C@H]1O[C@@H]1CCC. The monoisotopic (exact) mass is 195 g/mol. The molecule has 1 aliphatic heterocycles. The van der Waals surface area contributed by atoms with Gasteiger partial charge in [-0.2, -0.15) is 0 Å². The van der Waals surface area contributed by atoms with Crippen LogP contribution in [0.25, 0.3) is 0 Å². The normalized spacial score (nSPS) is 25.0. The van der Waals surface area contributed by atoms with Gasteiger partial charge in [-0.05, 0) is 6.42 Å². The Hall–Kier alpha value is -0.600. The fourth-order valence-corrected chi connectivity index (χ4v) is 1.72. The van der Waals surface area contributed by atoms with Gasteiger partial charge in [-0.25, -0.2) is 0 Å². The van der Waals surface area contributed by atoms with Gasteiger partial charge in [-0.3, -0.25) is 4.90 Å². The summed E-state index contributed by atoms with van der Waals surface area (Å²) in [4.78, 5) is 2.31. The van der Waals surface area contributed by atoms with Crippen molar-refractivity contribution in [1.82, 2.24) is 4.90 Å². The van der Waals surface area contributed by atoms with Crippen molar-refractivity contribution in [3.63, 3.8) is 0 Å². The van der Waals surface area contributed by atoms with Crippen molar-refractivity contribution in [3.05, 3.63) is 25.3 Å². The number of ether oxygens (including phenoxy) is 1. The summed E-state index contributed by atoms with van der Waals surface area (Å²) >= 11 is 0. The molecule has 0 radical (unpaired) electrons. The number of hydrogen-bond donors (Lipinski definition) is 0. The lowest BCUT2D eigenvalue weighted by Gasteiger charge is -2.16. The molecule has 2 atom stereocenters. The van der Waals surface area contributed by atoms with Crippen LogP contribution in [0.15, 0.2) is 25.3 Å². The van der Waals surface area contributed by atoms with E-state index in [2.05, 4.69) is 25.0 Å². The van der Waals surface area contributed by atoms with Crippen LogP contribution < -0.4 is 0 Å². The minimum absolute atomic E-state index is 0.454. The lowest BCUT2D eigenvalue weighted by atomic mass is 10.2. The first-order valence-corrected chi connectivity index (χ1v) is 5.41. The topological polar surface area (TPSA) is 15.8 Å². The van der Waals surface area contributed by atoms with E-state index in [0.717, 1.165) is 19.6 Å². The summed E-state index contributed by atoms with van der Waals surface area (Å²) in [6.45, 7) is 12.6. The van der Waals surface area contributed by atoms with Crippen LogP contribution in [0, 0.1) is 0 Å². The molecule has 1 fully saturated rings. The summed E-state index contributed by atoms with van der Waals surface area (Å²) < 4.78 is 5.57. The molecule has 0 aliphatic carbocycles. The summed E-state index contributed by atoms with van der Waals surface area (Å²) in [5.74, 6) is 0. The number of rotatable bonds is 8. The molecule has 2 nitrogen and oxygen atoms in total. The van der Waals surface area contributed by atoms with Crippen LogP contribution in [-0.4, -0.2) is 36.7 Å². The van der Waals surface area contributed by atoms with Crippen molar-refractivity contribution in [2.45, 2.75) is 32.0 Å². The van der Waals surface area contributed by atoms with Crippen molar-refractivity contribution in [1.29, 1.82) is 0 Å². The van der Waals surface area contributed by atoms with Gasteiger partial charge in [-0.1, -0.05) is 25.5 Å². The Labute approximate surface area is 87.2 Å². The molecule has 0 unspecified atom stereocenters. The highest BCUT2D eigenvalue weighted by molar-refractivity contribution is 4.90. The van der Waals surface area contributed by atoms with E-state index in [0.29, 0.717) is 12.2 Å². The molecule has 1 saturated heterocycles. The van der Waals surface area contributed by atoms with E-state index in [-0.39, 0.29) is 0 Å². The van der Waals surface area contributed by atoms with Crippen LogP contribution in [0.2, 0.25) is 0 Å². The largest absolute Gasteiger partial charge is 0.368 e. The zero-order valence-corrected chi connectivity index (χ0v) is 9.11. The maximum Gasteiger partial charge on any atom is 0.0968 e. The lowest BCUT2D eigenvalue weighted by molar-refractivity contribution is 0.279. The highest BCUT2D eigenvalue weighted by atomic mass is 16.6. The summed E-state index contributed by atoms with van der Waals surface area (Å²) in [7, 11) is 0. The second-order valence-corrected chi connectivity index (χ2v) is 3.80. The van der Waals surface area contributed by atoms with E-state index in [9.17, 15) is 0 Å². The van der Waals surface area contributed by atoms with Gasteiger partial charge in [-0.15, -0.1) is 13.2 Å². The molecule has 1 rings (SSSR count). The van der Waals surface area contributed by atoms with E-state index >= 15 is 0 Å². The highest BCUT2D eigenvalue weighted by Gasteiger charge is 2.38. The minimum Gasteiger partial charge on any atom is -0.368 e. The van der Waals surface area contributed by atoms with Crippen LogP contribution in [-0.2, 0) is 4.74 Å². The third-order valence-corrected chi connectivity index (χ3v) is 2.47. The zero-order valence-electron chi connectivity index (χ0n) is 9.11. The van der Waals surface area contributed by atoms with Crippen LogP contribution in [0.1, 0.15) is 19.8 Å². The Morgan fingerprint density at radius 1 is 1.21 bits per heavy atom. The van der Waals surface area contributed by atoms with Gasteiger partial charge in [0, 0.05) is 19.6 Å². The molecule has 0 saturated carbocycles. The molecular formula is C12H21NO. The molecule has 0 N–H and O–H groups in total. The number of nitrogens with zero attached hydrogens (tertiary/aromatic N) is 1. The zero-order chi connectivity index (χ0) is 10.4. The van der Waals surface area contributed by atoms with Crippen molar-refractivity contribution in [3.8, 4) is 0 Å². The smallest absolute Gasteiger partial charge is 0.0968 e. The molecule has 14 heavy (non-hydrogen) atoms. The van der Waals surface area contributed by atoms with Gasteiger partial charge in [0.1, 0.15) is 0 Å². The average Bonchev–Trinajstić information content (AvgIpc) is 2.85. The first-order chi connectivity index (χ1) is 6.81. The Kier molecular flexibility index (Phi) is 4.91. The van der Waals surface area contributed by atoms with Crippen molar-refractivity contribution in [2.24, 2.45) is 0 Å². The number of epoxide rings is 1. The molecule has 0 bridgehead atoms. The first kappa shape index (κ1) is 11.5. The van der Waals surface area contributed by atoms with Crippen molar-refractivity contribution < 1.29 is 4.74 Å². The van der Waals surface area contributed by atoms with Gasteiger partial charge < -0.3 is 4.74 Å². The Balaban J connectivity index is 2.20. The van der Waals surface area contributed by atoms with E-state index in [1.165, 1.54) is 12.8 Å². The highest BCUT2D eigenvalue weighted by Crippen LogP contribution is 2.27. The van der Waals surface area contributed by atoms with Crippen LogP contribution in [0.4, 0.5) is 0 Å². The second-order valence-electron chi connectivity index (χ2n) is 3.80. The molecule has 0 aromatic heterocycles. The third kappa shape index (κ3) is 3.64. The van der Waals surface area contributed by atoms with E-state index in [1.54, 1.807) is 0 Å². The molecule has 80 valence electrons. The summed E-state index contributed by atoms with van der Waals surface area (Å²) in [5.41, 5.74) is 0. The average molecular weight is 195 g/mol. The minimum atomic E-state index is 0.454. The second kappa shape index (κ2) is 5.99. The molecule has 0 aromatic rings. The fraction of sp³-hybridized carbons (Fsp3) is 0.667. The molecule has 1 heterocycles. The Morgan fingerprint density at radius 2 is 1.86 bits per heavy atom. The van der Waals surface area contributed by atoms with E-state index in [4.69, 9.17) is 4.74 Å². The molecule has 0 amide bonds. The van der Waals surface area contributed by atoms with Crippen molar-refractivity contribution >= 4 is 0 Å². The molecule has 2 heteroatoms. The van der Waals surface area contributed by atoms with Crippen LogP contribution >= 0.6 is 0 Å². The van der Waals surface area contributed by atoms with Gasteiger partial charge in [0.05, 0.1) is 12.2 Å². The predicted molar refractivity (Wildman–Crippen MR) is 60.4 cm³/mol. The lowest BCUT2D eigenvalue weighted by Crippen LogP contribution is -2.28. The summed E-state index contributed by atoms with van der Waals surface area (Å²) in [6, 6.07) is 0. The molecule has 0 aromatic carbocycles. The molecule has 0 spiro atoms. The van der Waals surface area contributed by atoms with E-state index < -0.39 is 0 Å². The van der Waals surface area contributed by atoms with Gasteiger partial charge in [0.15, 0.2) is 0 Å². The Bertz CT molecular complexity index is 181. The maximum absolute atomic E-state index is 5.57. The van der Waals surface area contributed by atoms with Crippen molar-refractivity contribution in [2.75, 3.05) is 19.6 Å². The van der Waals surface area contributed by atoms with Gasteiger partial charge >= 0.3 is 0 Å². The summed E-state index contributed by atoms with van der Waals surface area (Å²) in [6.07, 6.45) is 7.23. The third-order valence-electron chi connectivity index (χ3n) is 2.47. The van der Waals surface area contributed by atoms with Gasteiger partial charge in [0.2, 0.25) is 0 Å².